The number of anilines is 3. The van der Waals surface area contributed by atoms with Gasteiger partial charge >= 0.3 is 0 Å². The van der Waals surface area contributed by atoms with Crippen LogP contribution in [0.3, 0.4) is 0 Å². The van der Waals surface area contributed by atoms with Crippen LogP contribution >= 0.6 is 0 Å². The SMILES string of the molecule is c1cc(-c2ccc(-c3ccc4ccccc4c3)cc2)cc(N(c2ccc(-c3cccc4oc5ccccc5c34)cc2)c2ccccc2-c2cccc3c2ccc2ccccc23)c1. The van der Waals surface area contributed by atoms with Gasteiger partial charge in [-0.2, -0.15) is 0 Å². The van der Waals surface area contributed by atoms with Crippen LogP contribution in [-0.4, -0.2) is 0 Å². The van der Waals surface area contributed by atoms with Crippen LogP contribution in [0.5, 0.6) is 0 Å². The molecule has 1 aromatic heterocycles. The monoisotopic (exact) mass is 789 g/mol. The van der Waals surface area contributed by atoms with Crippen LogP contribution in [0.2, 0.25) is 0 Å². The molecular formula is C60H39NO. The van der Waals surface area contributed by atoms with E-state index in [1.54, 1.807) is 0 Å². The molecule has 0 aliphatic rings. The van der Waals surface area contributed by atoms with Gasteiger partial charge in [-0.3, -0.25) is 0 Å². The smallest absolute Gasteiger partial charge is 0.136 e. The lowest BCUT2D eigenvalue weighted by Gasteiger charge is -2.29. The average Bonchev–Trinajstić information content (AvgIpc) is 3.73. The maximum atomic E-state index is 6.29. The Labute approximate surface area is 360 Å². The molecule has 0 amide bonds. The predicted octanol–water partition coefficient (Wildman–Crippen LogP) is 17.2. The summed E-state index contributed by atoms with van der Waals surface area (Å²) in [5.41, 5.74) is 14.4. The van der Waals surface area contributed by atoms with Crippen LogP contribution < -0.4 is 4.90 Å². The van der Waals surface area contributed by atoms with Crippen molar-refractivity contribution in [1.82, 2.24) is 0 Å². The third-order valence-electron chi connectivity index (χ3n) is 12.5. The van der Waals surface area contributed by atoms with Gasteiger partial charge in [0.2, 0.25) is 0 Å². The van der Waals surface area contributed by atoms with E-state index in [4.69, 9.17) is 4.42 Å². The molecular weight excluding hydrogens is 751 g/mol. The molecule has 0 aliphatic heterocycles. The summed E-state index contributed by atoms with van der Waals surface area (Å²) in [5, 5.41) is 9.76. The largest absolute Gasteiger partial charge is 0.456 e. The van der Waals surface area contributed by atoms with E-state index in [1.807, 2.05) is 12.1 Å². The molecule has 12 aromatic rings. The molecule has 0 atom stereocenters. The minimum absolute atomic E-state index is 0.897. The highest BCUT2D eigenvalue weighted by atomic mass is 16.3. The molecule has 0 N–H and O–H groups in total. The summed E-state index contributed by atoms with van der Waals surface area (Å²) in [5.74, 6) is 0. The fourth-order valence-electron chi connectivity index (χ4n) is 9.45. The molecule has 1 heterocycles. The molecule has 0 saturated heterocycles. The highest BCUT2D eigenvalue weighted by Gasteiger charge is 2.20. The summed E-state index contributed by atoms with van der Waals surface area (Å²) in [7, 11) is 0. The van der Waals surface area contributed by atoms with Crippen molar-refractivity contribution in [2.24, 2.45) is 0 Å². The van der Waals surface area contributed by atoms with Crippen molar-refractivity contribution >= 4 is 71.3 Å². The maximum Gasteiger partial charge on any atom is 0.136 e. The number of hydrogen-bond acceptors (Lipinski definition) is 2. The lowest BCUT2D eigenvalue weighted by molar-refractivity contribution is 0.669. The first-order valence-electron chi connectivity index (χ1n) is 21.2. The predicted molar refractivity (Wildman–Crippen MR) is 263 cm³/mol. The van der Waals surface area contributed by atoms with Gasteiger partial charge in [0.25, 0.3) is 0 Å². The molecule has 0 fully saturated rings. The van der Waals surface area contributed by atoms with Crippen molar-refractivity contribution in [3.63, 3.8) is 0 Å². The van der Waals surface area contributed by atoms with Gasteiger partial charge in [0, 0.05) is 27.7 Å². The fraction of sp³-hybridized carbons (Fsp3) is 0. The Morgan fingerprint density at radius 1 is 0.274 bits per heavy atom. The zero-order valence-corrected chi connectivity index (χ0v) is 33.9. The van der Waals surface area contributed by atoms with Gasteiger partial charge in [0.1, 0.15) is 11.2 Å². The van der Waals surface area contributed by atoms with Crippen LogP contribution in [0, 0.1) is 0 Å². The van der Waals surface area contributed by atoms with Crippen LogP contribution in [0.25, 0.3) is 98.8 Å². The van der Waals surface area contributed by atoms with Crippen LogP contribution in [0.1, 0.15) is 0 Å². The Kier molecular flexibility index (Phi) is 8.53. The zero-order chi connectivity index (χ0) is 41.0. The first-order valence-corrected chi connectivity index (χ1v) is 21.2. The number of fused-ring (bicyclic) bond motifs is 7. The number of benzene rings is 11. The van der Waals surface area contributed by atoms with Crippen molar-refractivity contribution < 1.29 is 4.42 Å². The summed E-state index contributed by atoms with van der Waals surface area (Å²) in [6, 6.07) is 85.6. The van der Waals surface area contributed by atoms with E-state index in [1.165, 1.54) is 54.6 Å². The lowest BCUT2D eigenvalue weighted by atomic mass is 9.93. The van der Waals surface area contributed by atoms with E-state index in [9.17, 15) is 0 Å². The third kappa shape index (κ3) is 6.12. The second-order valence-electron chi connectivity index (χ2n) is 16.1. The summed E-state index contributed by atoms with van der Waals surface area (Å²) in [6.45, 7) is 0. The topological polar surface area (TPSA) is 16.4 Å². The quantitative estimate of drug-likeness (QED) is 0.150. The molecule has 0 bridgehead atoms. The van der Waals surface area contributed by atoms with Gasteiger partial charge in [-0.15, -0.1) is 0 Å². The molecule has 12 rings (SSSR count). The summed E-state index contributed by atoms with van der Waals surface area (Å²) < 4.78 is 6.29. The molecule has 2 heteroatoms. The zero-order valence-electron chi connectivity index (χ0n) is 33.9. The Morgan fingerprint density at radius 2 is 0.855 bits per heavy atom. The molecule has 290 valence electrons. The third-order valence-corrected chi connectivity index (χ3v) is 12.5. The van der Waals surface area contributed by atoms with Gasteiger partial charge in [-0.1, -0.05) is 188 Å². The fourth-order valence-corrected chi connectivity index (χ4v) is 9.45. The van der Waals surface area contributed by atoms with Gasteiger partial charge in [0.05, 0.1) is 5.69 Å². The minimum atomic E-state index is 0.897. The Bertz CT molecular complexity index is 3630. The maximum absolute atomic E-state index is 6.29. The second-order valence-corrected chi connectivity index (χ2v) is 16.1. The molecule has 11 aromatic carbocycles. The first-order chi connectivity index (χ1) is 30.7. The van der Waals surface area contributed by atoms with Crippen LogP contribution in [0.15, 0.2) is 241 Å². The number of furan rings is 1. The van der Waals surface area contributed by atoms with Crippen molar-refractivity contribution in [3.05, 3.63) is 237 Å². The van der Waals surface area contributed by atoms with E-state index in [0.717, 1.165) is 61.3 Å². The number of para-hydroxylation sites is 2. The van der Waals surface area contributed by atoms with Gasteiger partial charge in [-0.25, -0.2) is 0 Å². The van der Waals surface area contributed by atoms with E-state index in [0.29, 0.717) is 0 Å². The van der Waals surface area contributed by atoms with E-state index >= 15 is 0 Å². The minimum Gasteiger partial charge on any atom is -0.456 e. The van der Waals surface area contributed by atoms with Crippen molar-refractivity contribution in [2.75, 3.05) is 4.90 Å². The number of rotatable bonds is 7. The van der Waals surface area contributed by atoms with Gasteiger partial charge < -0.3 is 9.32 Å². The van der Waals surface area contributed by atoms with Crippen LogP contribution in [0.4, 0.5) is 17.1 Å². The molecule has 0 saturated carbocycles. The molecule has 0 radical (unpaired) electrons. The summed E-state index contributed by atoms with van der Waals surface area (Å²) in [4.78, 5) is 2.42. The molecule has 0 spiro atoms. The van der Waals surface area contributed by atoms with Crippen molar-refractivity contribution in [1.29, 1.82) is 0 Å². The summed E-state index contributed by atoms with van der Waals surface area (Å²) in [6.07, 6.45) is 0. The van der Waals surface area contributed by atoms with Crippen molar-refractivity contribution in [2.45, 2.75) is 0 Å². The summed E-state index contributed by atoms with van der Waals surface area (Å²) >= 11 is 0. The number of nitrogens with zero attached hydrogens (tertiary/aromatic N) is 1. The van der Waals surface area contributed by atoms with Gasteiger partial charge in [0.15, 0.2) is 0 Å². The Morgan fingerprint density at radius 3 is 1.71 bits per heavy atom. The highest BCUT2D eigenvalue weighted by molar-refractivity contribution is 6.14. The highest BCUT2D eigenvalue weighted by Crippen LogP contribution is 2.45. The normalized spacial score (nSPS) is 11.5. The van der Waals surface area contributed by atoms with Crippen LogP contribution in [-0.2, 0) is 0 Å². The molecule has 0 aliphatic carbocycles. The van der Waals surface area contributed by atoms with E-state index in [2.05, 4.69) is 229 Å². The van der Waals surface area contributed by atoms with Gasteiger partial charge in [-0.05, 0) is 120 Å². The molecule has 62 heavy (non-hydrogen) atoms. The average molecular weight is 790 g/mol. The Balaban J connectivity index is 0.995. The first kappa shape index (κ1) is 35.7. The number of hydrogen-bond donors (Lipinski definition) is 0. The molecule has 0 unspecified atom stereocenters. The van der Waals surface area contributed by atoms with Crippen molar-refractivity contribution in [3.8, 4) is 44.5 Å². The van der Waals surface area contributed by atoms with E-state index in [-0.39, 0.29) is 0 Å². The standard InChI is InChI=1S/C60H39NO/c1-2-14-45-38-47(31-30-40(45)12-1)42-28-26-41(27-29-42)46-15-9-16-49(39-46)61(48-35-32-44(33-36-48)51-20-11-25-59-60(51)56-19-6-8-24-58(56)62-59)57-23-7-5-18-55(57)53-22-10-21-52-50-17-4-3-13-43(50)34-37-54(52)53/h1-39H. The Hall–Kier alpha value is -8.20. The molecule has 2 nitrogen and oxygen atoms in total. The second kappa shape index (κ2) is 14.8. The lowest BCUT2D eigenvalue weighted by Crippen LogP contribution is -2.11. The van der Waals surface area contributed by atoms with E-state index < -0.39 is 0 Å².